The third-order valence-corrected chi connectivity index (χ3v) is 3.27. The summed E-state index contributed by atoms with van der Waals surface area (Å²) in [6, 6.07) is 7.78. The molecule has 5 heteroatoms. The number of benzene rings is 1. The number of fused-ring (bicyclic) bond motifs is 1. The second kappa shape index (κ2) is 4.52. The fourth-order valence-corrected chi connectivity index (χ4v) is 2.41. The second-order valence-electron chi connectivity index (χ2n) is 4.66. The van der Waals surface area contributed by atoms with Crippen molar-refractivity contribution >= 4 is 17.4 Å². The minimum atomic E-state index is -0.668. The molecule has 0 unspecified atom stereocenters. The summed E-state index contributed by atoms with van der Waals surface area (Å²) >= 11 is 0. The summed E-state index contributed by atoms with van der Waals surface area (Å²) in [4.78, 5) is 29.5. The molecule has 0 saturated heterocycles. The Morgan fingerprint density at radius 3 is 2.75 bits per heavy atom. The van der Waals surface area contributed by atoms with E-state index in [9.17, 15) is 14.0 Å². The highest BCUT2D eigenvalue weighted by molar-refractivity contribution is 6.52. The zero-order chi connectivity index (χ0) is 14.3. The van der Waals surface area contributed by atoms with Crippen LogP contribution in [0.4, 0.5) is 10.1 Å². The number of ketones is 1. The van der Waals surface area contributed by atoms with E-state index >= 15 is 0 Å². The number of anilines is 1. The summed E-state index contributed by atoms with van der Waals surface area (Å²) in [5.74, 6) is -1.82. The molecule has 20 heavy (non-hydrogen) atoms. The molecule has 1 aromatic carbocycles. The number of nitrogens with zero attached hydrogens (tertiary/aromatic N) is 2. The summed E-state index contributed by atoms with van der Waals surface area (Å²) in [7, 11) is 0. The van der Waals surface area contributed by atoms with Crippen LogP contribution in [0, 0.1) is 12.7 Å². The van der Waals surface area contributed by atoms with Gasteiger partial charge in [-0.3, -0.25) is 19.5 Å². The minimum Gasteiger partial charge on any atom is -0.298 e. The maximum Gasteiger partial charge on any atom is 0.299 e. The second-order valence-corrected chi connectivity index (χ2v) is 4.66. The first kappa shape index (κ1) is 12.5. The number of hydrogen-bond donors (Lipinski definition) is 0. The molecular weight excluding hydrogens is 259 g/mol. The van der Waals surface area contributed by atoms with E-state index in [0.717, 1.165) is 6.07 Å². The van der Waals surface area contributed by atoms with E-state index in [2.05, 4.69) is 4.98 Å². The Morgan fingerprint density at radius 1 is 1.25 bits per heavy atom. The third-order valence-electron chi connectivity index (χ3n) is 3.27. The molecule has 1 aliphatic rings. The molecule has 4 nitrogen and oxygen atoms in total. The van der Waals surface area contributed by atoms with E-state index in [1.54, 1.807) is 25.3 Å². The van der Waals surface area contributed by atoms with E-state index < -0.39 is 17.5 Å². The van der Waals surface area contributed by atoms with E-state index in [4.69, 9.17) is 0 Å². The molecule has 100 valence electrons. The number of amides is 1. The number of Topliss-reactive ketones (excluding diaryl/α,β-unsaturated/α-hetero) is 1. The fraction of sp³-hybridized carbons (Fsp3) is 0.133. The lowest BCUT2D eigenvalue weighted by Gasteiger charge is -2.17. The predicted molar refractivity (Wildman–Crippen MR) is 70.9 cm³/mol. The monoisotopic (exact) mass is 270 g/mol. The number of carbonyl (C=O) groups excluding carboxylic acids is 2. The molecule has 2 aromatic rings. The van der Waals surface area contributed by atoms with Crippen LogP contribution in [0.15, 0.2) is 36.5 Å². The molecule has 1 amide bonds. The van der Waals surface area contributed by atoms with Gasteiger partial charge >= 0.3 is 0 Å². The SMILES string of the molecule is Cc1cc(F)cc2c1N(Cc1ccccn1)C(=O)C2=O. The van der Waals surface area contributed by atoms with Gasteiger partial charge in [0.2, 0.25) is 0 Å². The normalized spacial score (nSPS) is 13.8. The largest absolute Gasteiger partial charge is 0.299 e. The first-order valence-corrected chi connectivity index (χ1v) is 6.14. The van der Waals surface area contributed by atoms with Crippen LogP contribution in [0.25, 0.3) is 0 Å². The van der Waals surface area contributed by atoms with Crippen LogP contribution >= 0.6 is 0 Å². The Bertz CT molecular complexity index is 713. The highest BCUT2D eigenvalue weighted by Crippen LogP contribution is 2.34. The molecule has 2 heterocycles. The van der Waals surface area contributed by atoms with Crippen molar-refractivity contribution in [1.29, 1.82) is 0 Å². The van der Waals surface area contributed by atoms with Gasteiger partial charge in [0.25, 0.3) is 11.7 Å². The van der Waals surface area contributed by atoms with Crippen LogP contribution in [0.1, 0.15) is 21.6 Å². The van der Waals surface area contributed by atoms with Gasteiger partial charge in [-0.1, -0.05) is 6.07 Å². The van der Waals surface area contributed by atoms with E-state index in [1.807, 2.05) is 6.07 Å². The first-order chi connectivity index (χ1) is 9.58. The van der Waals surface area contributed by atoms with Gasteiger partial charge in [0, 0.05) is 6.20 Å². The third kappa shape index (κ3) is 1.87. The van der Waals surface area contributed by atoms with Crippen molar-refractivity contribution in [2.45, 2.75) is 13.5 Å². The molecule has 0 N–H and O–H groups in total. The van der Waals surface area contributed by atoms with Gasteiger partial charge in [-0.05, 0) is 36.8 Å². The highest BCUT2D eigenvalue weighted by Gasteiger charge is 2.37. The number of pyridine rings is 1. The van der Waals surface area contributed by atoms with Gasteiger partial charge in [-0.2, -0.15) is 0 Å². The van der Waals surface area contributed by atoms with Gasteiger partial charge in [-0.15, -0.1) is 0 Å². The number of aryl methyl sites for hydroxylation is 1. The van der Waals surface area contributed by atoms with E-state index in [1.165, 1.54) is 11.0 Å². The van der Waals surface area contributed by atoms with Crippen LogP contribution in [0.5, 0.6) is 0 Å². The van der Waals surface area contributed by atoms with Gasteiger partial charge in [0.05, 0.1) is 23.5 Å². The van der Waals surface area contributed by atoms with Crippen molar-refractivity contribution in [2.24, 2.45) is 0 Å². The Kier molecular flexibility index (Phi) is 2.82. The average molecular weight is 270 g/mol. The van der Waals surface area contributed by atoms with Crippen molar-refractivity contribution in [2.75, 3.05) is 4.90 Å². The number of halogens is 1. The lowest BCUT2D eigenvalue weighted by molar-refractivity contribution is -0.114. The number of hydrogen-bond acceptors (Lipinski definition) is 3. The Balaban J connectivity index is 2.07. The van der Waals surface area contributed by atoms with Crippen molar-refractivity contribution in [3.63, 3.8) is 0 Å². The quantitative estimate of drug-likeness (QED) is 0.786. The topological polar surface area (TPSA) is 50.3 Å². The highest BCUT2D eigenvalue weighted by atomic mass is 19.1. The maximum absolute atomic E-state index is 13.4. The molecule has 3 rings (SSSR count). The van der Waals surface area contributed by atoms with Crippen LogP contribution < -0.4 is 4.90 Å². The zero-order valence-electron chi connectivity index (χ0n) is 10.8. The number of carbonyl (C=O) groups is 2. The predicted octanol–water partition coefficient (Wildman–Crippen LogP) is 2.26. The van der Waals surface area contributed by atoms with Crippen molar-refractivity contribution in [3.8, 4) is 0 Å². The summed E-state index contributed by atoms with van der Waals surface area (Å²) in [6.07, 6.45) is 1.62. The summed E-state index contributed by atoms with van der Waals surface area (Å²) in [5.41, 5.74) is 1.84. The maximum atomic E-state index is 13.4. The molecule has 0 radical (unpaired) electrons. The molecule has 0 fully saturated rings. The summed E-state index contributed by atoms with van der Waals surface area (Å²) < 4.78 is 13.4. The average Bonchev–Trinajstić information content (AvgIpc) is 2.65. The van der Waals surface area contributed by atoms with Crippen LogP contribution in [-0.2, 0) is 11.3 Å². The lowest BCUT2D eigenvalue weighted by atomic mass is 10.1. The molecule has 1 aromatic heterocycles. The van der Waals surface area contributed by atoms with Gasteiger partial charge < -0.3 is 0 Å². The van der Waals surface area contributed by atoms with Crippen LogP contribution in [0.3, 0.4) is 0 Å². The van der Waals surface area contributed by atoms with E-state index in [0.29, 0.717) is 16.9 Å². The van der Waals surface area contributed by atoms with Gasteiger partial charge in [-0.25, -0.2) is 4.39 Å². The van der Waals surface area contributed by atoms with E-state index in [-0.39, 0.29) is 12.1 Å². The molecule has 0 saturated carbocycles. The molecule has 0 bridgehead atoms. The molecular formula is C15H11FN2O2. The van der Waals surface area contributed by atoms with Crippen LogP contribution in [-0.4, -0.2) is 16.7 Å². The summed E-state index contributed by atoms with van der Waals surface area (Å²) in [6.45, 7) is 1.88. The van der Waals surface area contributed by atoms with Crippen molar-refractivity contribution in [1.82, 2.24) is 4.98 Å². The molecule has 0 spiro atoms. The molecule has 0 atom stereocenters. The Hall–Kier alpha value is -2.56. The van der Waals surface area contributed by atoms with Gasteiger partial charge in [0.1, 0.15) is 5.82 Å². The minimum absolute atomic E-state index is 0.128. The molecule has 1 aliphatic heterocycles. The van der Waals surface area contributed by atoms with Gasteiger partial charge in [0.15, 0.2) is 0 Å². The standard InChI is InChI=1S/C15H11FN2O2/c1-9-6-10(16)7-12-13(9)18(15(20)14(12)19)8-11-4-2-3-5-17-11/h2-7H,8H2,1H3. The van der Waals surface area contributed by atoms with Crippen molar-refractivity contribution in [3.05, 3.63) is 59.2 Å². The van der Waals surface area contributed by atoms with Crippen LogP contribution in [0.2, 0.25) is 0 Å². The number of rotatable bonds is 2. The lowest BCUT2D eigenvalue weighted by Crippen LogP contribution is -2.29. The number of aromatic nitrogens is 1. The Labute approximate surface area is 114 Å². The first-order valence-electron chi connectivity index (χ1n) is 6.14. The summed E-state index contributed by atoms with van der Waals surface area (Å²) in [5, 5.41) is 0. The smallest absolute Gasteiger partial charge is 0.298 e. The fourth-order valence-electron chi connectivity index (χ4n) is 2.41. The Morgan fingerprint density at radius 2 is 2.05 bits per heavy atom. The molecule has 0 aliphatic carbocycles. The zero-order valence-corrected chi connectivity index (χ0v) is 10.8. The van der Waals surface area contributed by atoms with Crippen molar-refractivity contribution < 1.29 is 14.0 Å².